The Bertz CT molecular complexity index is 668. The molecule has 0 saturated carbocycles. The third kappa shape index (κ3) is 3.96. The van der Waals surface area contributed by atoms with Crippen LogP contribution in [-0.2, 0) is 6.54 Å². The molecule has 0 saturated heterocycles. The van der Waals surface area contributed by atoms with Gasteiger partial charge in [-0.25, -0.2) is 0 Å². The fraction of sp³-hybridized carbons (Fsp3) is 0.188. The summed E-state index contributed by atoms with van der Waals surface area (Å²) in [5.41, 5.74) is 1.65. The second-order valence-electron chi connectivity index (χ2n) is 4.59. The molecule has 5 heteroatoms. The van der Waals surface area contributed by atoms with E-state index in [1.165, 1.54) is 11.3 Å². The molecular weight excluding hydrogens is 370 g/mol. The predicted molar refractivity (Wildman–Crippen MR) is 93.1 cm³/mol. The molecule has 0 spiro atoms. The molecule has 0 N–H and O–H groups in total. The molecule has 1 aromatic carbocycles. The minimum absolute atomic E-state index is 0.00165. The Hall–Kier alpha value is -1.10. The van der Waals surface area contributed by atoms with Crippen LogP contribution in [0.15, 0.2) is 47.5 Å². The molecule has 110 valence electrons. The van der Waals surface area contributed by atoms with Gasteiger partial charge in [-0.3, -0.25) is 4.79 Å². The number of hydrogen-bond acceptors (Lipinski definition) is 2. The highest BCUT2D eigenvalue weighted by molar-refractivity contribution is 9.10. The van der Waals surface area contributed by atoms with Crippen molar-refractivity contribution >= 4 is 44.8 Å². The number of amides is 1. The molecule has 0 aliphatic rings. The van der Waals surface area contributed by atoms with Gasteiger partial charge in [0.05, 0.1) is 10.9 Å². The summed E-state index contributed by atoms with van der Waals surface area (Å²) in [6, 6.07) is 9.45. The minimum Gasteiger partial charge on any atom is -0.330 e. The first kappa shape index (κ1) is 16.3. The van der Waals surface area contributed by atoms with Crippen LogP contribution in [0.4, 0.5) is 0 Å². The van der Waals surface area contributed by atoms with Crippen molar-refractivity contribution in [1.29, 1.82) is 0 Å². The molecule has 21 heavy (non-hydrogen) atoms. The van der Waals surface area contributed by atoms with E-state index in [2.05, 4.69) is 22.5 Å². The van der Waals surface area contributed by atoms with Gasteiger partial charge in [-0.1, -0.05) is 39.7 Å². The third-order valence-electron chi connectivity index (χ3n) is 3.11. The molecular formula is C16H15BrClNOS. The van der Waals surface area contributed by atoms with Crippen LogP contribution in [0.3, 0.4) is 0 Å². The van der Waals surface area contributed by atoms with E-state index in [9.17, 15) is 4.79 Å². The van der Waals surface area contributed by atoms with Gasteiger partial charge in [-0.05, 0) is 36.8 Å². The molecule has 2 rings (SSSR count). The zero-order valence-electron chi connectivity index (χ0n) is 11.6. The Kier molecular flexibility index (Phi) is 5.62. The molecule has 0 atom stereocenters. The Morgan fingerprint density at radius 1 is 1.43 bits per heavy atom. The third-order valence-corrected chi connectivity index (χ3v) is 5.19. The van der Waals surface area contributed by atoms with Crippen molar-refractivity contribution < 1.29 is 4.79 Å². The quantitative estimate of drug-likeness (QED) is 0.640. The lowest BCUT2D eigenvalue weighted by Gasteiger charge is -2.21. The number of thiophene rings is 1. The fourth-order valence-corrected chi connectivity index (χ4v) is 3.48. The lowest BCUT2D eigenvalue weighted by molar-refractivity contribution is 0.0763. The second-order valence-corrected chi connectivity index (χ2v) is 7.25. The summed E-state index contributed by atoms with van der Waals surface area (Å²) in [7, 11) is 0. The van der Waals surface area contributed by atoms with Crippen LogP contribution in [0, 0.1) is 6.92 Å². The predicted octanol–water partition coefficient (Wildman–Crippen LogP) is 5.30. The summed E-state index contributed by atoms with van der Waals surface area (Å²) < 4.78 is 1.67. The van der Waals surface area contributed by atoms with E-state index in [1.807, 2.05) is 37.3 Å². The largest absolute Gasteiger partial charge is 0.330 e. The summed E-state index contributed by atoms with van der Waals surface area (Å²) in [5.74, 6) is -0.00165. The average molecular weight is 385 g/mol. The Balaban J connectivity index is 2.26. The summed E-state index contributed by atoms with van der Waals surface area (Å²) in [5, 5.41) is 0. The topological polar surface area (TPSA) is 20.3 Å². The molecule has 2 nitrogen and oxygen atoms in total. The molecule has 1 aromatic heterocycles. The normalized spacial score (nSPS) is 10.4. The van der Waals surface area contributed by atoms with Crippen LogP contribution in [0.2, 0.25) is 4.34 Å². The highest BCUT2D eigenvalue weighted by Gasteiger charge is 2.18. The summed E-state index contributed by atoms with van der Waals surface area (Å²) >= 11 is 10.9. The fourth-order valence-electron chi connectivity index (χ4n) is 2.01. The van der Waals surface area contributed by atoms with E-state index >= 15 is 0 Å². The molecule has 1 amide bonds. The van der Waals surface area contributed by atoms with Crippen molar-refractivity contribution in [3.8, 4) is 0 Å². The van der Waals surface area contributed by atoms with Gasteiger partial charge in [0, 0.05) is 21.5 Å². The SMILES string of the molecule is C=CCN(Cc1ccc(Cl)s1)C(=O)c1cccc(Br)c1C. The van der Waals surface area contributed by atoms with Gasteiger partial charge >= 0.3 is 0 Å². The lowest BCUT2D eigenvalue weighted by atomic mass is 10.1. The van der Waals surface area contributed by atoms with Crippen molar-refractivity contribution in [1.82, 2.24) is 4.90 Å². The average Bonchev–Trinajstić information content (AvgIpc) is 2.86. The van der Waals surface area contributed by atoms with Crippen LogP contribution in [-0.4, -0.2) is 17.4 Å². The zero-order chi connectivity index (χ0) is 15.4. The van der Waals surface area contributed by atoms with Gasteiger partial charge < -0.3 is 4.90 Å². The number of nitrogens with zero attached hydrogens (tertiary/aromatic N) is 1. The first-order valence-electron chi connectivity index (χ1n) is 6.42. The molecule has 0 unspecified atom stereocenters. The van der Waals surface area contributed by atoms with Gasteiger partial charge in [0.15, 0.2) is 0 Å². The van der Waals surface area contributed by atoms with Crippen molar-refractivity contribution in [2.45, 2.75) is 13.5 Å². The first-order chi connectivity index (χ1) is 10.0. The molecule has 0 radical (unpaired) electrons. The van der Waals surface area contributed by atoms with E-state index in [1.54, 1.807) is 11.0 Å². The van der Waals surface area contributed by atoms with Crippen molar-refractivity contribution in [3.63, 3.8) is 0 Å². The molecule has 1 heterocycles. The number of carbonyl (C=O) groups excluding carboxylic acids is 1. The van der Waals surface area contributed by atoms with E-state index in [0.717, 1.165) is 19.2 Å². The number of rotatable bonds is 5. The van der Waals surface area contributed by atoms with E-state index in [-0.39, 0.29) is 5.91 Å². The van der Waals surface area contributed by atoms with Crippen molar-refractivity contribution in [2.24, 2.45) is 0 Å². The molecule has 0 aliphatic heterocycles. The Morgan fingerprint density at radius 3 is 2.81 bits per heavy atom. The van der Waals surface area contributed by atoms with E-state index in [0.29, 0.717) is 18.7 Å². The zero-order valence-corrected chi connectivity index (χ0v) is 14.8. The maximum Gasteiger partial charge on any atom is 0.254 e. The summed E-state index contributed by atoms with van der Waals surface area (Å²) in [6.45, 7) is 6.71. The van der Waals surface area contributed by atoms with Crippen LogP contribution < -0.4 is 0 Å². The summed E-state index contributed by atoms with van der Waals surface area (Å²) in [6.07, 6.45) is 1.74. The Morgan fingerprint density at radius 2 is 2.19 bits per heavy atom. The number of carbonyl (C=O) groups is 1. The van der Waals surface area contributed by atoms with Crippen molar-refractivity contribution in [3.05, 3.63) is 67.8 Å². The Labute approximate surface area is 142 Å². The molecule has 0 fully saturated rings. The highest BCUT2D eigenvalue weighted by atomic mass is 79.9. The van der Waals surface area contributed by atoms with E-state index in [4.69, 9.17) is 11.6 Å². The minimum atomic E-state index is -0.00165. The monoisotopic (exact) mass is 383 g/mol. The molecule has 0 aliphatic carbocycles. The van der Waals surface area contributed by atoms with Crippen LogP contribution in [0.1, 0.15) is 20.8 Å². The number of halogens is 2. The highest BCUT2D eigenvalue weighted by Crippen LogP contribution is 2.25. The number of hydrogen-bond donors (Lipinski definition) is 0. The lowest BCUT2D eigenvalue weighted by Crippen LogP contribution is -2.31. The van der Waals surface area contributed by atoms with Crippen LogP contribution >= 0.6 is 38.9 Å². The molecule has 0 bridgehead atoms. The molecule has 2 aromatic rings. The number of benzene rings is 1. The van der Waals surface area contributed by atoms with Gasteiger partial charge in [0.2, 0.25) is 0 Å². The standard InChI is InChI=1S/C16H15BrClNOS/c1-3-9-19(10-12-7-8-15(18)21-12)16(20)13-5-4-6-14(17)11(13)2/h3-8H,1,9-10H2,2H3. The van der Waals surface area contributed by atoms with Crippen LogP contribution in [0.25, 0.3) is 0 Å². The second kappa shape index (κ2) is 7.25. The maximum absolute atomic E-state index is 12.7. The van der Waals surface area contributed by atoms with Gasteiger partial charge in [-0.15, -0.1) is 17.9 Å². The smallest absolute Gasteiger partial charge is 0.254 e. The van der Waals surface area contributed by atoms with E-state index < -0.39 is 0 Å². The van der Waals surface area contributed by atoms with Gasteiger partial charge in [0.25, 0.3) is 5.91 Å². The van der Waals surface area contributed by atoms with Crippen molar-refractivity contribution in [2.75, 3.05) is 6.54 Å². The first-order valence-corrected chi connectivity index (χ1v) is 8.41. The van der Waals surface area contributed by atoms with Crippen LogP contribution in [0.5, 0.6) is 0 Å². The summed E-state index contributed by atoms with van der Waals surface area (Å²) in [4.78, 5) is 15.6. The van der Waals surface area contributed by atoms with Gasteiger partial charge in [-0.2, -0.15) is 0 Å². The van der Waals surface area contributed by atoms with Gasteiger partial charge in [0.1, 0.15) is 0 Å². The maximum atomic E-state index is 12.7.